The highest BCUT2D eigenvalue weighted by Crippen LogP contribution is 2.33. The van der Waals surface area contributed by atoms with Crippen LogP contribution >= 0.6 is 0 Å². The predicted octanol–water partition coefficient (Wildman–Crippen LogP) is 2.52. The highest BCUT2D eigenvalue weighted by atomic mass is 32.2. The van der Waals surface area contributed by atoms with E-state index in [1.807, 2.05) is 29.0 Å². The number of hydrogen-bond acceptors (Lipinski definition) is 5. The van der Waals surface area contributed by atoms with Gasteiger partial charge in [-0.3, -0.25) is 9.69 Å². The topological polar surface area (TPSA) is 87.7 Å². The van der Waals surface area contributed by atoms with Gasteiger partial charge in [-0.15, -0.1) is 0 Å². The number of nitrogens with zero attached hydrogens (tertiary/aromatic N) is 1. The Bertz CT molecular complexity index is 1070. The highest BCUT2D eigenvalue weighted by Gasteiger charge is 2.37. The van der Waals surface area contributed by atoms with Gasteiger partial charge in [0, 0.05) is 26.2 Å². The van der Waals surface area contributed by atoms with Crippen LogP contribution in [0.15, 0.2) is 53.4 Å². The van der Waals surface area contributed by atoms with Crippen molar-refractivity contribution in [3.05, 3.63) is 65.2 Å². The number of nitrogens with one attached hydrogen (secondary N) is 2. The minimum Gasteiger partial charge on any atom is -0.379 e. The van der Waals surface area contributed by atoms with Crippen molar-refractivity contribution >= 4 is 15.9 Å². The molecule has 0 spiro atoms. The van der Waals surface area contributed by atoms with Crippen LogP contribution in [-0.2, 0) is 38.8 Å². The monoisotopic (exact) mass is 485 g/mol. The summed E-state index contributed by atoms with van der Waals surface area (Å²) < 4.78 is 72.1. The van der Waals surface area contributed by atoms with E-state index in [0.717, 1.165) is 36.3 Å². The van der Waals surface area contributed by atoms with E-state index in [4.69, 9.17) is 4.74 Å². The largest absolute Gasteiger partial charge is 0.417 e. The average Bonchev–Trinajstić information content (AvgIpc) is 2.78. The van der Waals surface area contributed by atoms with Gasteiger partial charge in [0.25, 0.3) is 0 Å². The Hall–Kier alpha value is -2.47. The van der Waals surface area contributed by atoms with Crippen LogP contribution in [0.1, 0.15) is 23.6 Å². The zero-order valence-electron chi connectivity index (χ0n) is 18.1. The van der Waals surface area contributed by atoms with E-state index in [1.54, 1.807) is 0 Å². The van der Waals surface area contributed by atoms with E-state index < -0.39 is 38.6 Å². The zero-order chi connectivity index (χ0) is 24.1. The Balaban J connectivity index is 1.64. The molecule has 1 saturated heterocycles. The van der Waals surface area contributed by atoms with Crippen LogP contribution in [-0.4, -0.2) is 51.6 Å². The maximum Gasteiger partial charge on any atom is 0.417 e. The van der Waals surface area contributed by atoms with Crippen molar-refractivity contribution in [3.8, 4) is 0 Å². The van der Waals surface area contributed by atoms with Crippen molar-refractivity contribution in [3.63, 3.8) is 0 Å². The SMILES string of the molecule is C[C@H](NS(=O)(=O)c1ccccc1C(F)(F)F)C(=O)NCc1ccccc1CN1CCOCC1. The molecule has 0 aliphatic carbocycles. The molecular weight excluding hydrogens is 459 g/mol. The molecule has 2 aromatic carbocycles. The molecule has 0 unspecified atom stereocenters. The van der Waals surface area contributed by atoms with Crippen molar-refractivity contribution in [2.45, 2.75) is 37.1 Å². The molecule has 0 saturated carbocycles. The predicted molar refractivity (Wildman–Crippen MR) is 116 cm³/mol. The molecule has 33 heavy (non-hydrogen) atoms. The number of carbonyl (C=O) groups is 1. The maximum atomic E-state index is 13.2. The number of amides is 1. The van der Waals surface area contributed by atoms with Crippen molar-refractivity contribution in [2.24, 2.45) is 0 Å². The molecule has 2 aromatic rings. The van der Waals surface area contributed by atoms with Crippen LogP contribution in [0.3, 0.4) is 0 Å². The third-order valence-electron chi connectivity index (χ3n) is 5.28. The van der Waals surface area contributed by atoms with Crippen LogP contribution in [0.25, 0.3) is 0 Å². The lowest BCUT2D eigenvalue weighted by Crippen LogP contribution is -2.45. The van der Waals surface area contributed by atoms with E-state index in [-0.39, 0.29) is 6.54 Å². The number of alkyl halides is 3. The fourth-order valence-electron chi connectivity index (χ4n) is 3.50. The van der Waals surface area contributed by atoms with Crippen molar-refractivity contribution in [2.75, 3.05) is 26.3 Å². The van der Waals surface area contributed by atoms with Gasteiger partial charge in [-0.25, -0.2) is 8.42 Å². The van der Waals surface area contributed by atoms with E-state index in [9.17, 15) is 26.4 Å². The molecule has 1 amide bonds. The first-order valence-electron chi connectivity index (χ1n) is 10.4. The van der Waals surface area contributed by atoms with E-state index in [0.29, 0.717) is 25.8 Å². The number of rotatable bonds is 8. The van der Waals surface area contributed by atoms with E-state index >= 15 is 0 Å². The van der Waals surface area contributed by atoms with Gasteiger partial charge >= 0.3 is 6.18 Å². The lowest BCUT2D eigenvalue weighted by atomic mass is 10.1. The molecule has 0 radical (unpaired) electrons. The quantitative estimate of drug-likeness (QED) is 0.600. The third kappa shape index (κ3) is 6.76. The fourth-order valence-corrected chi connectivity index (χ4v) is 4.94. The lowest BCUT2D eigenvalue weighted by Gasteiger charge is -2.27. The van der Waals surface area contributed by atoms with Crippen molar-refractivity contribution in [1.29, 1.82) is 0 Å². The van der Waals surface area contributed by atoms with Crippen LogP contribution in [0.2, 0.25) is 0 Å². The summed E-state index contributed by atoms with van der Waals surface area (Å²) in [4.78, 5) is 13.8. The van der Waals surface area contributed by atoms with Gasteiger partial charge in [-0.1, -0.05) is 36.4 Å². The number of benzene rings is 2. The molecule has 7 nitrogen and oxygen atoms in total. The van der Waals surface area contributed by atoms with Crippen molar-refractivity contribution in [1.82, 2.24) is 14.9 Å². The normalized spacial score (nSPS) is 16.4. The molecule has 3 rings (SSSR count). The molecule has 0 bridgehead atoms. The Kier molecular flexibility index (Phi) is 8.11. The molecule has 1 heterocycles. The summed E-state index contributed by atoms with van der Waals surface area (Å²) in [6.07, 6.45) is -4.85. The Labute approximate surface area is 191 Å². The molecule has 1 atom stereocenters. The summed E-state index contributed by atoms with van der Waals surface area (Å²) >= 11 is 0. The first kappa shape index (κ1) is 25.2. The smallest absolute Gasteiger partial charge is 0.379 e. The fraction of sp³-hybridized carbons (Fsp3) is 0.409. The van der Waals surface area contributed by atoms with Crippen molar-refractivity contribution < 1.29 is 31.1 Å². The summed E-state index contributed by atoms with van der Waals surface area (Å²) in [7, 11) is -4.58. The molecular formula is C22H26F3N3O4S. The summed E-state index contributed by atoms with van der Waals surface area (Å²) in [6.45, 7) is 5.05. The number of carbonyl (C=O) groups excluding carboxylic acids is 1. The number of ether oxygens (including phenoxy) is 1. The second kappa shape index (κ2) is 10.6. The Morgan fingerprint density at radius 3 is 2.33 bits per heavy atom. The first-order chi connectivity index (χ1) is 15.6. The summed E-state index contributed by atoms with van der Waals surface area (Å²) in [5.41, 5.74) is 0.601. The van der Waals surface area contributed by atoms with Gasteiger partial charge in [-0.2, -0.15) is 17.9 Å². The Morgan fingerprint density at radius 2 is 1.67 bits per heavy atom. The van der Waals surface area contributed by atoms with Gasteiger partial charge in [0.1, 0.15) is 0 Å². The van der Waals surface area contributed by atoms with Crippen LogP contribution in [0, 0.1) is 0 Å². The number of morpholine rings is 1. The van der Waals surface area contributed by atoms with Crippen LogP contribution in [0.5, 0.6) is 0 Å². The van der Waals surface area contributed by atoms with Crippen LogP contribution < -0.4 is 10.0 Å². The lowest BCUT2D eigenvalue weighted by molar-refractivity contribution is -0.139. The molecule has 180 valence electrons. The van der Waals surface area contributed by atoms with Gasteiger partial charge < -0.3 is 10.1 Å². The highest BCUT2D eigenvalue weighted by molar-refractivity contribution is 7.89. The summed E-state index contributed by atoms with van der Waals surface area (Å²) in [5, 5.41) is 2.66. The van der Waals surface area contributed by atoms with Gasteiger partial charge in [0.2, 0.25) is 15.9 Å². The molecule has 1 aliphatic rings. The van der Waals surface area contributed by atoms with E-state index in [1.165, 1.54) is 13.0 Å². The van der Waals surface area contributed by atoms with Gasteiger partial charge in [-0.05, 0) is 30.2 Å². The van der Waals surface area contributed by atoms with E-state index in [2.05, 4.69) is 10.2 Å². The first-order valence-corrected chi connectivity index (χ1v) is 11.9. The van der Waals surface area contributed by atoms with Gasteiger partial charge in [0.05, 0.1) is 29.7 Å². The minimum atomic E-state index is -4.85. The summed E-state index contributed by atoms with van der Waals surface area (Å²) in [5.74, 6) is -0.649. The molecule has 11 heteroatoms. The number of sulfonamides is 1. The second-order valence-electron chi connectivity index (χ2n) is 7.71. The summed E-state index contributed by atoms with van der Waals surface area (Å²) in [6, 6.07) is 10.1. The molecule has 0 aromatic heterocycles. The number of halogens is 3. The number of hydrogen-bond donors (Lipinski definition) is 2. The third-order valence-corrected chi connectivity index (χ3v) is 6.88. The maximum absolute atomic E-state index is 13.2. The second-order valence-corrected chi connectivity index (χ2v) is 9.39. The standard InChI is InChI=1S/C22H26F3N3O4S/c1-16(27-33(30,31)20-9-5-4-8-19(20)22(23,24)25)21(29)26-14-17-6-2-3-7-18(17)15-28-10-12-32-13-11-28/h2-9,16,27H,10-15H2,1H3,(H,26,29)/t16-/m0/s1. The minimum absolute atomic E-state index is 0.157. The van der Waals surface area contributed by atoms with Crippen LogP contribution in [0.4, 0.5) is 13.2 Å². The molecule has 1 aliphatic heterocycles. The molecule has 2 N–H and O–H groups in total. The average molecular weight is 486 g/mol. The molecule has 1 fully saturated rings. The zero-order valence-corrected chi connectivity index (χ0v) is 18.9. The Morgan fingerprint density at radius 1 is 1.06 bits per heavy atom. The van der Waals surface area contributed by atoms with Gasteiger partial charge in [0.15, 0.2) is 0 Å².